The van der Waals surface area contributed by atoms with Crippen LogP contribution in [0.15, 0.2) is 18.2 Å². The van der Waals surface area contributed by atoms with E-state index < -0.39 is 11.6 Å². The van der Waals surface area contributed by atoms with Gasteiger partial charge in [-0.05, 0) is 25.6 Å². The first kappa shape index (κ1) is 15.9. The molecule has 1 heterocycles. The molecule has 1 aromatic rings. The third kappa shape index (κ3) is 3.64. The van der Waals surface area contributed by atoms with Crippen LogP contribution in [0.25, 0.3) is 0 Å². The van der Waals surface area contributed by atoms with Crippen LogP contribution in [0.2, 0.25) is 0 Å². The van der Waals surface area contributed by atoms with Crippen LogP contribution in [0.5, 0.6) is 0 Å². The van der Waals surface area contributed by atoms with Gasteiger partial charge in [0.25, 0.3) is 0 Å². The Morgan fingerprint density at radius 1 is 1.42 bits per heavy atom. The van der Waals surface area contributed by atoms with Crippen LogP contribution in [0, 0.1) is 11.6 Å². The summed E-state index contributed by atoms with van der Waals surface area (Å²) in [5.74, 6) is -1.54. The molecule has 0 aliphatic carbocycles. The number of carbonyl (C=O) groups is 1. The lowest BCUT2D eigenvalue weighted by Gasteiger charge is -2.16. The van der Waals surface area contributed by atoms with Crippen molar-refractivity contribution in [1.82, 2.24) is 10.2 Å². The lowest BCUT2D eigenvalue weighted by Crippen LogP contribution is -2.34. The van der Waals surface area contributed by atoms with Gasteiger partial charge in [0.2, 0.25) is 5.91 Å². The van der Waals surface area contributed by atoms with Gasteiger partial charge < -0.3 is 10.2 Å². The van der Waals surface area contributed by atoms with Crippen LogP contribution in [0.3, 0.4) is 0 Å². The molecule has 0 saturated carbocycles. The highest BCUT2D eigenvalue weighted by molar-refractivity contribution is 5.85. The molecule has 1 aliphatic heterocycles. The molecule has 0 spiro atoms. The predicted octanol–water partition coefficient (Wildman–Crippen LogP) is 1.75. The van der Waals surface area contributed by atoms with Crippen LogP contribution in [0.1, 0.15) is 12.0 Å². The second-order valence-electron chi connectivity index (χ2n) is 4.49. The van der Waals surface area contributed by atoms with Gasteiger partial charge in [0, 0.05) is 24.7 Å². The second kappa shape index (κ2) is 6.82. The van der Waals surface area contributed by atoms with E-state index in [9.17, 15) is 13.6 Å². The quantitative estimate of drug-likeness (QED) is 0.920. The van der Waals surface area contributed by atoms with E-state index in [1.54, 1.807) is 4.90 Å². The molecular weight excluding hydrogens is 274 g/mol. The number of likely N-dealkylation sites (N-methyl/N-ethyl adjacent to an activating group) is 1. The maximum absolute atomic E-state index is 13.4. The van der Waals surface area contributed by atoms with Crippen molar-refractivity contribution in [3.05, 3.63) is 35.4 Å². The molecule has 19 heavy (non-hydrogen) atoms. The van der Waals surface area contributed by atoms with Crippen molar-refractivity contribution in [1.29, 1.82) is 0 Å². The van der Waals surface area contributed by atoms with Gasteiger partial charge in [0.15, 0.2) is 0 Å². The average Bonchev–Trinajstić information content (AvgIpc) is 2.82. The Bertz CT molecular complexity index is 436. The first-order valence-electron chi connectivity index (χ1n) is 5.99. The molecule has 0 bridgehead atoms. The van der Waals surface area contributed by atoms with Gasteiger partial charge in [-0.15, -0.1) is 12.4 Å². The molecular formula is C13H17ClF2N2O. The summed E-state index contributed by atoms with van der Waals surface area (Å²) in [6.07, 6.45) is 0.664. The Morgan fingerprint density at radius 2 is 2.05 bits per heavy atom. The summed E-state index contributed by atoms with van der Waals surface area (Å²) in [4.78, 5) is 13.6. The van der Waals surface area contributed by atoms with Crippen LogP contribution in [-0.2, 0) is 11.2 Å². The summed E-state index contributed by atoms with van der Waals surface area (Å²) in [7, 11) is 1.84. The van der Waals surface area contributed by atoms with E-state index in [0.29, 0.717) is 13.1 Å². The zero-order valence-corrected chi connectivity index (χ0v) is 11.5. The second-order valence-corrected chi connectivity index (χ2v) is 4.49. The fourth-order valence-corrected chi connectivity index (χ4v) is 2.19. The maximum atomic E-state index is 13.4. The molecule has 3 nitrogen and oxygen atoms in total. The topological polar surface area (TPSA) is 32.3 Å². The minimum Gasteiger partial charge on any atom is -0.341 e. The summed E-state index contributed by atoms with van der Waals surface area (Å²) in [6.45, 7) is 1.24. The number of hydrogen-bond acceptors (Lipinski definition) is 2. The van der Waals surface area contributed by atoms with Crippen LogP contribution in [-0.4, -0.2) is 37.0 Å². The van der Waals surface area contributed by atoms with Crippen molar-refractivity contribution in [2.45, 2.75) is 18.9 Å². The minimum absolute atomic E-state index is 0. The fraction of sp³-hybridized carbons (Fsp3) is 0.462. The molecule has 1 aromatic carbocycles. The van der Waals surface area contributed by atoms with Gasteiger partial charge in [0.1, 0.15) is 11.6 Å². The number of likely N-dealkylation sites (tertiary alicyclic amines) is 1. The van der Waals surface area contributed by atoms with Crippen molar-refractivity contribution in [2.75, 3.05) is 20.1 Å². The highest BCUT2D eigenvalue weighted by atomic mass is 35.5. The molecule has 1 aliphatic rings. The number of nitrogens with zero attached hydrogens (tertiary/aromatic N) is 1. The standard InChI is InChI=1S/C13H16F2N2O.ClH/c1-16-9-5-6-17(8-9)13(18)7-10-11(14)3-2-4-12(10)15;/h2-4,9,16H,5-8H2,1H3;1H. The number of nitrogens with one attached hydrogen (secondary N) is 1. The zero-order chi connectivity index (χ0) is 13.1. The summed E-state index contributed by atoms with van der Waals surface area (Å²) in [5, 5.41) is 3.09. The predicted molar refractivity (Wildman–Crippen MR) is 71.4 cm³/mol. The molecule has 0 radical (unpaired) electrons. The first-order valence-corrected chi connectivity index (χ1v) is 5.99. The normalized spacial score (nSPS) is 18.3. The van der Waals surface area contributed by atoms with Crippen molar-refractivity contribution >= 4 is 18.3 Å². The summed E-state index contributed by atoms with van der Waals surface area (Å²) in [6, 6.07) is 3.92. The SMILES string of the molecule is CNC1CCN(C(=O)Cc2c(F)cccc2F)C1.Cl. The number of carbonyl (C=O) groups excluding carboxylic acids is 1. The highest BCUT2D eigenvalue weighted by Gasteiger charge is 2.26. The monoisotopic (exact) mass is 290 g/mol. The molecule has 1 amide bonds. The molecule has 1 fully saturated rings. The number of halogens is 3. The number of benzene rings is 1. The number of amides is 1. The van der Waals surface area contributed by atoms with Crippen LogP contribution in [0.4, 0.5) is 8.78 Å². The van der Waals surface area contributed by atoms with Crippen molar-refractivity contribution in [3.63, 3.8) is 0 Å². The Hall–Kier alpha value is -1.20. The molecule has 0 aromatic heterocycles. The molecule has 1 saturated heterocycles. The molecule has 1 N–H and O–H groups in total. The van der Waals surface area contributed by atoms with Gasteiger partial charge in [-0.1, -0.05) is 6.07 Å². The Kier molecular flexibility index (Phi) is 5.69. The van der Waals surface area contributed by atoms with E-state index in [2.05, 4.69) is 5.32 Å². The van der Waals surface area contributed by atoms with Gasteiger partial charge in [-0.3, -0.25) is 4.79 Å². The zero-order valence-electron chi connectivity index (χ0n) is 10.7. The third-order valence-corrected chi connectivity index (χ3v) is 3.34. The summed E-state index contributed by atoms with van der Waals surface area (Å²) in [5.41, 5.74) is -0.143. The largest absolute Gasteiger partial charge is 0.341 e. The van der Waals surface area contributed by atoms with Crippen molar-refractivity contribution in [3.8, 4) is 0 Å². The van der Waals surface area contributed by atoms with Crippen LogP contribution >= 0.6 is 12.4 Å². The molecule has 1 unspecified atom stereocenters. The summed E-state index contributed by atoms with van der Waals surface area (Å²) < 4.78 is 26.8. The van der Waals surface area contributed by atoms with E-state index in [-0.39, 0.29) is 36.3 Å². The van der Waals surface area contributed by atoms with E-state index in [1.165, 1.54) is 18.2 Å². The van der Waals surface area contributed by atoms with Crippen molar-refractivity contribution in [2.24, 2.45) is 0 Å². The van der Waals surface area contributed by atoms with E-state index >= 15 is 0 Å². The summed E-state index contributed by atoms with van der Waals surface area (Å²) >= 11 is 0. The minimum atomic E-state index is -0.660. The Balaban J connectivity index is 0.00000180. The number of hydrogen-bond donors (Lipinski definition) is 1. The third-order valence-electron chi connectivity index (χ3n) is 3.34. The number of rotatable bonds is 3. The van der Waals surface area contributed by atoms with E-state index in [1.807, 2.05) is 7.05 Å². The van der Waals surface area contributed by atoms with Crippen molar-refractivity contribution < 1.29 is 13.6 Å². The lowest BCUT2D eigenvalue weighted by molar-refractivity contribution is -0.129. The lowest BCUT2D eigenvalue weighted by atomic mass is 10.1. The Labute approximate surface area is 117 Å². The smallest absolute Gasteiger partial charge is 0.227 e. The average molecular weight is 291 g/mol. The Morgan fingerprint density at radius 3 is 2.58 bits per heavy atom. The van der Waals surface area contributed by atoms with E-state index in [4.69, 9.17) is 0 Å². The van der Waals surface area contributed by atoms with Gasteiger partial charge in [-0.25, -0.2) is 8.78 Å². The first-order chi connectivity index (χ1) is 8.61. The van der Waals surface area contributed by atoms with E-state index in [0.717, 1.165) is 6.42 Å². The molecule has 1 atom stereocenters. The van der Waals surface area contributed by atoms with Gasteiger partial charge >= 0.3 is 0 Å². The molecule has 106 valence electrons. The molecule has 6 heteroatoms. The highest BCUT2D eigenvalue weighted by Crippen LogP contribution is 2.16. The van der Waals surface area contributed by atoms with Gasteiger partial charge in [0.05, 0.1) is 6.42 Å². The van der Waals surface area contributed by atoms with Crippen LogP contribution < -0.4 is 5.32 Å². The van der Waals surface area contributed by atoms with Gasteiger partial charge in [-0.2, -0.15) is 0 Å². The fourth-order valence-electron chi connectivity index (χ4n) is 2.19. The maximum Gasteiger partial charge on any atom is 0.227 e. The molecule has 2 rings (SSSR count).